The molecule has 0 saturated heterocycles. The second-order valence-corrected chi connectivity index (χ2v) is 5.87. The Morgan fingerprint density at radius 1 is 1.10 bits per heavy atom. The standard InChI is InChI=1S/C22H15FN2O4/c1-28-22(27)18-4-2-3-5-19(18)25-21(26)15(13-24)12-17-10-11-20(29-17)14-6-8-16(23)9-7-14/h2-12H,1H3,(H,25,26)/b15-12+. The third-order valence-electron chi connectivity index (χ3n) is 3.99. The Kier molecular flexibility index (Phi) is 5.85. The zero-order valence-corrected chi connectivity index (χ0v) is 15.3. The number of nitrogens with zero attached hydrogens (tertiary/aromatic N) is 1. The number of benzene rings is 2. The quantitative estimate of drug-likeness (QED) is 0.396. The van der Waals surface area contributed by atoms with E-state index in [9.17, 15) is 19.2 Å². The number of halogens is 1. The maximum absolute atomic E-state index is 13.0. The molecule has 0 aliphatic rings. The third kappa shape index (κ3) is 4.57. The SMILES string of the molecule is COC(=O)c1ccccc1NC(=O)/C(C#N)=C/c1ccc(-c2ccc(F)cc2)o1. The molecule has 0 spiro atoms. The van der Waals surface area contributed by atoms with Gasteiger partial charge in [0, 0.05) is 11.6 Å². The Balaban J connectivity index is 1.82. The normalized spacial score (nSPS) is 10.9. The molecule has 2 aromatic carbocycles. The summed E-state index contributed by atoms with van der Waals surface area (Å²) in [4.78, 5) is 24.3. The molecule has 1 amide bonds. The van der Waals surface area contributed by atoms with Crippen LogP contribution in [0.5, 0.6) is 0 Å². The number of esters is 1. The van der Waals surface area contributed by atoms with Crippen molar-refractivity contribution in [2.24, 2.45) is 0 Å². The Bertz CT molecular complexity index is 1120. The summed E-state index contributed by atoms with van der Waals surface area (Å²) in [7, 11) is 1.23. The van der Waals surface area contributed by atoms with Crippen LogP contribution in [-0.4, -0.2) is 19.0 Å². The highest BCUT2D eigenvalue weighted by atomic mass is 19.1. The largest absolute Gasteiger partial charge is 0.465 e. The van der Waals surface area contributed by atoms with E-state index in [1.54, 1.807) is 36.4 Å². The van der Waals surface area contributed by atoms with E-state index in [0.29, 0.717) is 11.3 Å². The summed E-state index contributed by atoms with van der Waals surface area (Å²) >= 11 is 0. The fourth-order valence-corrected chi connectivity index (χ4v) is 2.56. The molecule has 0 atom stereocenters. The van der Waals surface area contributed by atoms with Crippen molar-refractivity contribution in [2.45, 2.75) is 0 Å². The summed E-state index contributed by atoms with van der Waals surface area (Å²) < 4.78 is 23.3. The van der Waals surface area contributed by atoms with Gasteiger partial charge in [-0.1, -0.05) is 12.1 Å². The minimum atomic E-state index is -0.705. The molecule has 1 heterocycles. The van der Waals surface area contributed by atoms with Gasteiger partial charge in [-0.3, -0.25) is 4.79 Å². The molecule has 3 rings (SSSR count). The molecule has 0 unspecified atom stereocenters. The highest BCUT2D eigenvalue weighted by Crippen LogP contribution is 2.24. The van der Waals surface area contributed by atoms with Crippen LogP contribution < -0.4 is 5.32 Å². The van der Waals surface area contributed by atoms with Gasteiger partial charge in [-0.2, -0.15) is 5.26 Å². The fraction of sp³-hybridized carbons (Fsp3) is 0.0455. The lowest BCUT2D eigenvalue weighted by Gasteiger charge is -2.08. The van der Waals surface area contributed by atoms with Crippen molar-refractivity contribution < 1.29 is 23.1 Å². The summed E-state index contributed by atoms with van der Waals surface area (Å²) in [5.74, 6) is -0.944. The molecule has 0 saturated carbocycles. The molecule has 6 nitrogen and oxygen atoms in total. The number of nitrogens with one attached hydrogen (secondary N) is 1. The minimum Gasteiger partial charge on any atom is -0.465 e. The highest BCUT2D eigenvalue weighted by Gasteiger charge is 2.16. The average Bonchev–Trinajstić information content (AvgIpc) is 3.21. The molecular weight excluding hydrogens is 375 g/mol. The van der Waals surface area contributed by atoms with Gasteiger partial charge < -0.3 is 14.5 Å². The first-order valence-corrected chi connectivity index (χ1v) is 8.48. The number of anilines is 1. The van der Waals surface area contributed by atoms with Crippen LogP contribution >= 0.6 is 0 Å². The van der Waals surface area contributed by atoms with E-state index in [2.05, 4.69) is 10.1 Å². The van der Waals surface area contributed by atoms with E-state index < -0.39 is 11.9 Å². The maximum Gasteiger partial charge on any atom is 0.339 e. The molecule has 144 valence electrons. The van der Waals surface area contributed by atoms with Gasteiger partial charge in [0.25, 0.3) is 5.91 Å². The number of rotatable bonds is 5. The van der Waals surface area contributed by atoms with E-state index in [0.717, 1.165) is 0 Å². The van der Waals surface area contributed by atoms with E-state index in [-0.39, 0.29) is 28.4 Å². The van der Waals surface area contributed by atoms with E-state index in [1.165, 1.54) is 37.5 Å². The minimum absolute atomic E-state index is 0.164. The van der Waals surface area contributed by atoms with Crippen molar-refractivity contribution >= 4 is 23.6 Å². The molecule has 29 heavy (non-hydrogen) atoms. The first kappa shape index (κ1) is 19.6. The number of hydrogen-bond donors (Lipinski definition) is 1. The molecule has 0 aliphatic heterocycles. The predicted molar refractivity (Wildman–Crippen MR) is 104 cm³/mol. The molecular formula is C22H15FN2O4. The monoisotopic (exact) mass is 390 g/mol. The summed E-state index contributed by atoms with van der Waals surface area (Å²) in [6.07, 6.45) is 1.28. The molecule has 0 fully saturated rings. The van der Waals surface area contributed by atoms with Gasteiger partial charge in [-0.25, -0.2) is 9.18 Å². The van der Waals surface area contributed by atoms with E-state index >= 15 is 0 Å². The first-order chi connectivity index (χ1) is 14.0. The van der Waals surface area contributed by atoms with E-state index in [4.69, 9.17) is 4.42 Å². The predicted octanol–water partition coefficient (Wildman–Crippen LogP) is 4.42. The van der Waals surface area contributed by atoms with Gasteiger partial charge in [0.2, 0.25) is 0 Å². The lowest BCUT2D eigenvalue weighted by atomic mass is 10.1. The van der Waals surface area contributed by atoms with Crippen molar-refractivity contribution in [3.63, 3.8) is 0 Å². The number of hydrogen-bond acceptors (Lipinski definition) is 5. The Morgan fingerprint density at radius 3 is 2.52 bits per heavy atom. The Morgan fingerprint density at radius 2 is 1.83 bits per heavy atom. The van der Waals surface area contributed by atoms with Gasteiger partial charge in [-0.15, -0.1) is 0 Å². The van der Waals surface area contributed by atoms with Gasteiger partial charge in [-0.05, 0) is 48.5 Å². The van der Waals surface area contributed by atoms with Crippen LogP contribution in [0.3, 0.4) is 0 Å². The topological polar surface area (TPSA) is 92.3 Å². The van der Waals surface area contributed by atoms with Crippen molar-refractivity contribution in [1.82, 2.24) is 0 Å². The van der Waals surface area contributed by atoms with Crippen LogP contribution in [0.2, 0.25) is 0 Å². The molecule has 0 aliphatic carbocycles. The zero-order chi connectivity index (χ0) is 20.8. The van der Waals surface area contributed by atoms with Crippen molar-refractivity contribution in [2.75, 3.05) is 12.4 Å². The summed E-state index contributed by atoms with van der Waals surface area (Å²) in [5, 5.41) is 11.9. The second kappa shape index (κ2) is 8.67. The van der Waals surface area contributed by atoms with Crippen molar-refractivity contribution in [1.29, 1.82) is 5.26 Å². The average molecular weight is 390 g/mol. The second-order valence-electron chi connectivity index (χ2n) is 5.87. The number of carbonyl (C=O) groups excluding carboxylic acids is 2. The maximum atomic E-state index is 13.0. The number of ether oxygens (including phenoxy) is 1. The number of methoxy groups -OCH3 is 1. The smallest absolute Gasteiger partial charge is 0.339 e. The number of para-hydroxylation sites is 1. The molecule has 1 N–H and O–H groups in total. The highest BCUT2D eigenvalue weighted by molar-refractivity contribution is 6.11. The number of carbonyl (C=O) groups is 2. The molecule has 0 radical (unpaired) electrons. The number of nitriles is 1. The van der Waals surface area contributed by atoms with Crippen molar-refractivity contribution in [3.05, 3.63) is 83.4 Å². The summed E-state index contributed by atoms with van der Waals surface area (Å²) in [6, 6.07) is 17.1. The van der Waals surface area contributed by atoms with Crippen molar-refractivity contribution in [3.8, 4) is 17.4 Å². The lowest BCUT2D eigenvalue weighted by molar-refractivity contribution is -0.112. The molecule has 0 bridgehead atoms. The summed E-state index contributed by atoms with van der Waals surface area (Å²) in [5.41, 5.74) is 0.819. The van der Waals surface area contributed by atoms with Crippen LogP contribution in [-0.2, 0) is 9.53 Å². The number of amides is 1. The van der Waals surface area contributed by atoms with Gasteiger partial charge >= 0.3 is 5.97 Å². The lowest BCUT2D eigenvalue weighted by Crippen LogP contribution is -2.16. The number of furan rings is 1. The third-order valence-corrected chi connectivity index (χ3v) is 3.99. The van der Waals surface area contributed by atoms with Crippen LogP contribution in [0.4, 0.5) is 10.1 Å². The van der Waals surface area contributed by atoms with Crippen LogP contribution in [0.1, 0.15) is 16.1 Å². The van der Waals surface area contributed by atoms with E-state index in [1.807, 2.05) is 6.07 Å². The van der Waals surface area contributed by atoms with Crippen LogP contribution in [0.15, 0.2) is 70.7 Å². The first-order valence-electron chi connectivity index (χ1n) is 8.48. The zero-order valence-electron chi connectivity index (χ0n) is 15.3. The van der Waals surface area contributed by atoms with Crippen LogP contribution in [0, 0.1) is 17.1 Å². The fourth-order valence-electron chi connectivity index (χ4n) is 2.56. The molecule has 3 aromatic rings. The molecule has 1 aromatic heterocycles. The van der Waals surface area contributed by atoms with Gasteiger partial charge in [0.15, 0.2) is 0 Å². The summed E-state index contributed by atoms with van der Waals surface area (Å²) in [6.45, 7) is 0. The van der Waals surface area contributed by atoms with Gasteiger partial charge in [0.05, 0.1) is 18.4 Å². The Labute approximate surface area is 165 Å². The molecule has 7 heteroatoms. The Hall–Kier alpha value is -4.18. The van der Waals surface area contributed by atoms with Crippen LogP contribution in [0.25, 0.3) is 17.4 Å². The van der Waals surface area contributed by atoms with Gasteiger partial charge in [0.1, 0.15) is 29.0 Å².